The molecule has 1 aromatic heterocycles. The molecule has 66 valence electrons. The molecule has 1 aromatic rings. The second-order valence-electron chi connectivity index (χ2n) is 3.43. The lowest BCUT2D eigenvalue weighted by molar-refractivity contribution is 0.473. The van der Waals surface area contributed by atoms with Gasteiger partial charge in [0.1, 0.15) is 0 Å². The third-order valence-corrected chi connectivity index (χ3v) is 2.82. The molecule has 0 fully saturated rings. The third kappa shape index (κ3) is 1.26. The summed E-state index contributed by atoms with van der Waals surface area (Å²) in [5.74, 6) is 0. The average molecular weight is 277 g/mol. The van der Waals surface area contributed by atoms with Crippen molar-refractivity contribution >= 4 is 22.9 Å². The van der Waals surface area contributed by atoms with Crippen LogP contribution in [0.15, 0.2) is 6.20 Å². The van der Waals surface area contributed by atoms with Gasteiger partial charge in [0.2, 0.25) is 0 Å². The quantitative estimate of drug-likeness (QED) is 0.579. The van der Waals surface area contributed by atoms with E-state index in [1.54, 1.807) is 0 Å². The van der Waals surface area contributed by atoms with Crippen LogP contribution in [-0.4, -0.2) is 12.9 Å². The number of aromatic nitrogens is 2. The van der Waals surface area contributed by atoms with Gasteiger partial charge in [-0.3, -0.25) is 4.68 Å². The lowest BCUT2D eigenvalue weighted by atomic mass is 10.3. The standard InChI is InChI=1S/C8H12IN3/c1-6(2)12-8-5-11(9)4-7(8)3-10-12/h3,6H,4-5H2,1-2H3. The molecule has 1 aliphatic rings. The molecule has 0 aromatic carbocycles. The molecule has 0 spiro atoms. The van der Waals surface area contributed by atoms with E-state index < -0.39 is 0 Å². The maximum Gasteiger partial charge on any atom is 0.0581 e. The smallest absolute Gasteiger partial charge is 0.0581 e. The summed E-state index contributed by atoms with van der Waals surface area (Å²) in [7, 11) is 0. The van der Waals surface area contributed by atoms with Crippen LogP contribution in [0, 0.1) is 0 Å². The maximum atomic E-state index is 4.36. The lowest BCUT2D eigenvalue weighted by Crippen LogP contribution is -2.09. The molecule has 0 N–H and O–H groups in total. The maximum absolute atomic E-state index is 4.36. The van der Waals surface area contributed by atoms with Crippen LogP contribution in [0.5, 0.6) is 0 Å². The minimum Gasteiger partial charge on any atom is -0.265 e. The number of hydrogen-bond donors (Lipinski definition) is 0. The zero-order valence-corrected chi connectivity index (χ0v) is 9.45. The Morgan fingerprint density at radius 1 is 1.50 bits per heavy atom. The van der Waals surface area contributed by atoms with Crippen LogP contribution in [0.2, 0.25) is 0 Å². The van der Waals surface area contributed by atoms with E-state index in [1.165, 1.54) is 11.3 Å². The first-order chi connectivity index (χ1) is 5.68. The van der Waals surface area contributed by atoms with Crippen LogP contribution in [0.25, 0.3) is 0 Å². The van der Waals surface area contributed by atoms with Gasteiger partial charge in [0, 0.05) is 41.0 Å². The van der Waals surface area contributed by atoms with E-state index in [9.17, 15) is 0 Å². The van der Waals surface area contributed by atoms with Crippen LogP contribution in [-0.2, 0) is 13.1 Å². The molecular formula is C8H12IN3. The first kappa shape index (κ1) is 8.50. The molecule has 0 unspecified atom stereocenters. The van der Waals surface area contributed by atoms with Crippen molar-refractivity contribution in [2.45, 2.75) is 33.0 Å². The first-order valence-electron chi connectivity index (χ1n) is 4.14. The Labute approximate surface area is 86.2 Å². The Morgan fingerprint density at radius 3 is 2.92 bits per heavy atom. The van der Waals surface area contributed by atoms with Gasteiger partial charge in [0.25, 0.3) is 0 Å². The van der Waals surface area contributed by atoms with Crippen LogP contribution < -0.4 is 0 Å². The van der Waals surface area contributed by atoms with Crippen molar-refractivity contribution in [2.75, 3.05) is 0 Å². The van der Waals surface area contributed by atoms with Gasteiger partial charge in [-0.1, -0.05) is 0 Å². The van der Waals surface area contributed by atoms with Crippen LogP contribution in [0.3, 0.4) is 0 Å². The second kappa shape index (κ2) is 2.99. The van der Waals surface area contributed by atoms with Crippen molar-refractivity contribution in [3.05, 3.63) is 17.5 Å². The lowest BCUT2D eigenvalue weighted by Gasteiger charge is -2.09. The SMILES string of the molecule is CC(C)n1ncc2c1CN(I)C2. The number of halogens is 1. The number of hydrogen-bond acceptors (Lipinski definition) is 2. The monoisotopic (exact) mass is 277 g/mol. The van der Waals surface area contributed by atoms with E-state index in [4.69, 9.17) is 0 Å². The zero-order chi connectivity index (χ0) is 8.72. The van der Waals surface area contributed by atoms with Crippen LogP contribution >= 0.6 is 22.9 Å². The molecule has 0 saturated heterocycles. The topological polar surface area (TPSA) is 21.1 Å². The number of nitrogens with zero attached hydrogens (tertiary/aromatic N) is 3. The van der Waals surface area contributed by atoms with Gasteiger partial charge in [0.15, 0.2) is 0 Å². The highest BCUT2D eigenvalue weighted by atomic mass is 127. The van der Waals surface area contributed by atoms with E-state index in [1.807, 2.05) is 6.20 Å². The van der Waals surface area contributed by atoms with E-state index in [0.717, 1.165) is 13.1 Å². The average Bonchev–Trinajstić information content (AvgIpc) is 2.43. The molecular weight excluding hydrogens is 265 g/mol. The van der Waals surface area contributed by atoms with Gasteiger partial charge in [-0.15, -0.1) is 0 Å². The predicted octanol–water partition coefficient (Wildman–Crippen LogP) is 2.13. The zero-order valence-electron chi connectivity index (χ0n) is 7.29. The second-order valence-corrected chi connectivity index (χ2v) is 4.80. The molecule has 0 saturated carbocycles. The number of fused-ring (bicyclic) bond motifs is 1. The number of rotatable bonds is 1. The van der Waals surface area contributed by atoms with Crippen molar-refractivity contribution in [3.63, 3.8) is 0 Å². The van der Waals surface area contributed by atoms with Crippen LogP contribution in [0.4, 0.5) is 0 Å². The fourth-order valence-electron chi connectivity index (χ4n) is 1.58. The molecule has 1 aliphatic heterocycles. The van der Waals surface area contributed by atoms with E-state index >= 15 is 0 Å². The molecule has 3 nitrogen and oxygen atoms in total. The van der Waals surface area contributed by atoms with E-state index in [0.29, 0.717) is 6.04 Å². The molecule has 2 heterocycles. The molecule has 12 heavy (non-hydrogen) atoms. The van der Waals surface area contributed by atoms with Gasteiger partial charge < -0.3 is 0 Å². The normalized spacial score (nSPS) is 17.3. The Bertz CT molecular complexity index is 292. The van der Waals surface area contributed by atoms with Crippen molar-refractivity contribution in [1.29, 1.82) is 0 Å². The summed E-state index contributed by atoms with van der Waals surface area (Å²) in [6, 6.07) is 0.483. The Morgan fingerprint density at radius 2 is 2.25 bits per heavy atom. The van der Waals surface area contributed by atoms with Crippen molar-refractivity contribution in [1.82, 2.24) is 12.9 Å². The van der Waals surface area contributed by atoms with Crippen molar-refractivity contribution < 1.29 is 0 Å². The summed E-state index contributed by atoms with van der Waals surface area (Å²) in [5, 5.41) is 4.36. The third-order valence-electron chi connectivity index (χ3n) is 2.14. The Kier molecular flexibility index (Phi) is 2.12. The fraction of sp³-hybridized carbons (Fsp3) is 0.625. The van der Waals surface area contributed by atoms with E-state index in [2.05, 4.69) is 49.6 Å². The van der Waals surface area contributed by atoms with Gasteiger partial charge in [-0.2, -0.15) is 5.10 Å². The summed E-state index contributed by atoms with van der Waals surface area (Å²) in [6.07, 6.45) is 1.99. The minimum absolute atomic E-state index is 0.483. The predicted molar refractivity (Wildman–Crippen MR) is 55.9 cm³/mol. The Balaban J connectivity index is 2.37. The molecule has 0 atom stereocenters. The summed E-state index contributed by atoms with van der Waals surface area (Å²) in [6.45, 7) is 6.42. The van der Waals surface area contributed by atoms with Crippen molar-refractivity contribution in [2.24, 2.45) is 0 Å². The van der Waals surface area contributed by atoms with Gasteiger partial charge in [-0.25, -0.2) is 3.11 Å². The largest absolute Gasteiger partial charge is 0.265 e. The molecule has 2 rings (SSSR count). The highest BCUT2D eigenvalue weighted by Gasteiger charge is 2.22. The molecule has 0 bridgehead atoms. The minimum atomic E-state index is 0.483. The summed E-state index contributed by atoms with van der Waals surface area (Å²) in [4.78, 5) is 0. The molecule has 0 radical (unpaired) electrons. The van der Waals surface area contributed by atoms with Gasteiger partial charge in [-0.05, 0) is 13.8 Å². The summed E-state index contributed by atoms with van der Waals surface area (Å²) >= 11 is 2.36. The highest BCUT2D eigenvalue weighted by molar-refractivity contribution is 14.1. The van der Waals surface area contributed by atoms with E-state index in [-0.39, 0.29) is 0 Å². The first-order valence-corrected chi connectivity index (χ1v) is 5.11. The fourth-order valence-corrected chi connectivity index (χ4v) is 2.27. The molecule has 4 heteroatoms. The summed E-state index contributed by atoms with van der Waals surface area (Å²) in [5.41, 5.74) is 2.78. The summed E-state index contributed by atoms with van der Waals surface area (Å²) < 4.78 is 4.40. The van der Waals surface area contributed by atoms with Crippen LogP contribution in [0.1, 0.15) is 31.1 Å². The van der Waals surface area contributed by atoms with Crippen molar-refractivity contribution in [3.8, 4) is 0 Å². The van der Waals surface area contributed by atoms with Gasteiger partial charge in [0.05, 0.1) is 18.4 Å². The molecule has 0 amide bonds. The molecule has 0 aliphatic carbocycles. The highest BCUT2D eigenvalue weighted by Crippen LogP contribution is 2.26. The Hall–Kier alpha value is -0.100. The van der Waals surface area contributed by atoms with Gasteiger partial charge >= 0.3 is 0 Å².